The van der Waals surface area contributed by atoms with E-state index < -0.39 is 36.2 Å². The average Bonchev–Trinajstić information content (AvgIpc) is 2.90. The van der Waals surface area contributed by atoms with Crippen molar-refractivity contribution in [1.82, 2.24) is 15.8 Å². The van der Waals surface area contributed by atoms with Crippen LogP contribution in [-0.2, 0) is 9.53 Å². The lowest BCUT2D eigenvalue weighted by atomic mass is 10.2. The zero-order chi connectivity index (χ0) is 22.7. The SMILES string of the molecule is CC(=S)N1CCN(c2c(F)cc(N3CC(CNC(=O)C(F)F)OC3=O)cc2F)CCN1. The van der Waals surface area contributed by atoms with Gasteiger partial charge in [0.1, 0.15) is 11.8 Å². The predicted octanol–water partition coefficient (Wildman–Crippen LogP) is 1.65. The molecule has 0 bridgehead atoms. The molecule has 0 aromatic heterocycles. The summed E-state index contributed by atoms with van der Waals surface area (Å²) in [4.78, 5) is 26.2. The molecular weight excluding hydrogens is 442 g/mol. The number of thiocarbonyl (C=S) groups is 1. The summed E-state index contributed by atoms with van der Waals surface area (Å²) in [6, 6.07) is 2.03. The van der Waals surface area contributed by atoms with E-state index in [-0.39, 0.29) is 24.5 Å². The van der Waals surface area contributed by atoms with Gasteiger partial charge in [0, 0.05) is 31.8 Å². The van der Waals surface area contributed by atoms with Gasteiger partial charge in [0.05, 0.1) is 30.3 Å². The van der Waals surface area contributed by atoms with Crippen LogP contribution in [0.15, 0.2) is 12.1 Å². The maximum atomic E-state index is 14.8. The van der Waals surface area contributed by atoms with Gasteiger partial charge in [0.2, 0.25) is 0 Å². The molecule has 2 aliphatic heterocycles. The maximum absolute atomic E-state index is 14.8. The van der Waals surface area contributed by atoms with Gasteiger partial charge in [0.15, 0.2) is 11.6 Å². The molecule has 8 nitrogen and oxygen atoms in total. The molecule has 2 aliphatic rings. The van der Waals surface area contributed by atoms with E-state index in [1.165, 1.54) is 0 Å². The monoisotopic (exact) mass is 463 g/mol. The molecule has 3 rings (SSSR count). The quantitative estimate of drug-likeness (QED) is 0.508. The lowest BCUT2D eigenvalue weighted by Crippen LogP contribution is -2.41. The zero-order valence-electron chi connectivity index (χ0n) is 16.5. The van der Waals surface area contributed by atoms with E-state index in [0.29, 0.717) is 31.2 Å². The summed E-state index contributed by atoms with van der Waals surface area (Å²) in [6.07, 6.45) is -5.02. The fourth-order valence-corrected chi connectivity index (χ4v) is 3.52. The predicted molar refractivity (Wildman–Crippen MR) is 108 cm³/mol. The van der Waals surface area contributed by atoms with Gasteiger partial charge in [-0.05, 0) is 6.92 Å². The summed E-state index contributed by atoms with van der Waals surface area (Å²) in [5.74, 6) is -3.21. The standard InChI is InChI=1S/C18H21F4N5O3S/c1-10(31)27-5-4-25(3-2-24-27)15-13(19)6-11(7-14(15)20)26-9-12(30-18(26)29)8-23-17(28)16(21)22/h6-7,12,16,24H,2-5,8-9H2,1H3,(H,23,28). The summed E-state index contributed by atoms with van der Waals surface area (Å²) < 4.78 is 59.2. The number of carbonyl (C=O) groups is 2. The number of rotatable bonds is 5. The number of nitrogens with one attached hydrogen (secondary N) is 2. The number of anilines is 2. The Bertz CT molecular complexity index is 852. The van der Waals surface area contributed by atoms with E-state index >= 15 is 0 Å². The van der Waals surface area contributed by atoms with E-state index in [2.05, 4.69) is 5.43 Å². The minimum absolute atomic E-state index is 0.0734. The number of alkyl halides is 2. The first-order valence-electron chi connectivity index (χ1n) is 9.47. The molecule has 2 fully saturated rings. The Morgan fingerprint density at radius 3 is 2.58 bits per heavy atom. The van der Waals surface area contributed by atoms with Crippen molar-refractivity contribution in [2.45, 2.75) is 19.5 Å². The van der Waals surface area contributed by atoms with Crippen LogP contribution in [0.4, 0.5) is 33.7 Å². The lowest BCUT2D eigenvalue weighted by Gasteiger charge is -2.25. The fourth-order valence-electron chi connectivity index (χ4n) is 3.36. The third kappa shape index (κ3) is 5.34. The molecule has 1 aromatic rings. The van der Waals surface area contributed by atoms with Crippen LogP contribution in [0.25, 0.3) is 0 Å². The van der Waals surface area contributed by atoms with Crippen molar-refractivity contribution < 1.29 is 31.9 Å². The second-order valence-corrected chi connectivity index (χ2v) is 7.58. The topological polar surface area (TPSA) is 77.2 Å². The Labute approximate surface area is 181 Å². The van der Waals surface area contributed by atoms with E-state index in [9.17, 15) is 27.2 Å². The van der Waals surface area contributed by atoms with Crippen LogP contribution < -0.4 is 20.5 Å². The van der Waals surface area contributed by atoms with Crippen molar-refractivity contribution in [3.8, 4) is 0 Å². The number of ether oxygens (including phenoxy) is 1. The van der Waals surface area contributed by atoms with Gasteiger partial charge in [-0.15, -0.1) is 0 Å². The van der Waals surface area contributed by atoms with Gasteiger partial charge >= 0.3 is 12.5 Å². The molecule has 2 amide bonds. The number of carbonyl (C=O) groups excluding carboxylic acids is 2. The van der Waals surface area contributed by atoms with Gasteiger partial charge in [-0.25, -0.2) is 19.0 Å². The second-order valence-electron chi connectivity index (χ2n) is 6.99. The van der Waals surface area contributed by atoms with Crippen LogP contribution >= 0.6 is 12.2 Å². The normalized spacial score (nSPS) is 19.5. The summed E-state index contributed by atoms with van der Waals surface area (Å²) in [5, 5.41) is 3.67. The molecule has 1 unspecified atom stereocenters. The summed E-state index contributed by atoms with van der Waals surface area (Å²) in [7, 11) is 0. The van der Waals surface area contributed by atoms with E-state index in [0.717, 1.165) is 17.0 Å². The van der Waals surface area contributed by atoms with Gasteiger partial charge in [-0.2, -0.15) is 8.78 Å². The number of hydrogen-bond donors (Lipinski definition) is 2. The van der Waals surface area contributed by atoms with Gasteiger partial charge in [-0.1, -0.05) is 12.2 Å². The molecule has 1 atom stereocenters. The van der Waals surface area contributed by atoms with E-state index in [1.807, 2.05) is 5.32 Å². The Morgan fingerprint density at radius 2 is 1.97 bits per heavy atom. The van der Waals surface area contributed by atoms with Crippen molar-refractivity contribution in [1.29, 1.82) is 0 Å². The van der Waals surface area contributed by atoms with Crippen LogP contribution in [0.1, 0.15) is 6.92 Å². The summed E-state index contributed by atoms with van der Waals surface area (Å²) in [5.41, 5.74) is 2.78. The average molecular weight is 463 g/mol. The van der Waals surface area contributed by atoms with Crippen molar-refractivity contribution in [3.05, 3.63) is 23.8 Å². The van der Waals surface area contributed by atoms with Gasteiger partial charge < -0.3 is 20.0 Å². The Hall–Kier alpha value is -2.67. The molecule has 31 heavy (non-hydrogen) atoms. The third-order valence-electron chi connectivity index (χ3n) is 4.86. The number of amides is 2. The van der Waals surface area contributed by atoms with Gasteiger partial charge in [0.25, 0.3) is 5.91 Å². The number of hydrogen-bond acceptors (Lipinski definition) is 6. The zero-order valence-corrected chi connectivity index (χ0v) is 17.4. The fraction of sp³-hybridized carbons (Fsp3) is 0.500. The van der Waals surface area contributed by atoms with Crippen molar-refractivity contribution >= 4 is 40.6 Å². The van der Waals surface area contributed by atoms with Crippen LogP contribution in [0.3, 0.4) is 0 Å². The molecule has 1 aromatic carbocycles. The first-order chi connectivity index (χ1) is 14.7. The minimum Gasteiger partial charge on any atom is -0.442 e. The largest absolute Gasteiger partial charge is 0.442 e. The molecule has 2 heterocycles. The summed E-state index contributed by atoms with van der Waals surface area (Å²) in [6.45, 7) is 2.77. The molecule has 13 heteroatoms. The molecule has 2 saturated heterocycles. The summed E-state index contributed by atoms with van der Waals surface area (Å²) >= 11 is 5.11. The first-order valence-corrected chi connectivity index (χ1v) is 9.87. The molecule has 0 radical (unpaired) electrons. The highest BCUT2D eigenvalue weighted by Crippen LogP contribution is 2.31. The number of cyclic esters (lactones) is 1. The Balaban J connectivity index is 1.71. The molecule has 2 N–H and O–H groups in total. The molecular formula is C18H21F4N5O3S. The van der Waals surface area contributed by atoms with Crippen molar-refractivity contribution in [3.63, 3.8) is 0 Å². The van der Waals surface area contributed by atoms with Gasteiger partial charge in [-0.3, -0.25) is 9.69 Å². The minimum atomic E-state index is -3.20. The lowest BCUT2D eigenvalue weighted by molar-refractivity contribution is -0.132. The molecule has 170 valence electrons. The van der Waals surface area contributed by atoms with Crippen molar-refractivity contribution in [2.24, 2.45) is 0 Å². The smallest absolute Gasteiger partial charge is 0.414 e. The second kappa shape index (κ2) is 9.64. The Kier molecular flexibility index (Phi) is 7.15. The highest BCUT2D eigenvalue weighted by Gasteiger charge is 2.34. The van der Waals surface area contributed by atoms with E-state index in [4.69, 9.17) is 17.0 Å². The molecule has 0 saturated carbocycles. The van der Waals surface area contributed by atoms with Crippen molar-refractivity contribution in [2.75, 3.05) is 49.1 Å². The molecule has 0 spiro atoms. The number of halogens is 4. The van der Waals surface area contributed by atoms with E-state index in [1.54, 1.807) is 16.8 Å². The molecule has 0 aliphatic carbocycles. The van der Waals surface area contributed by atoms with Crippen LogP contribution in [0, 0.1) is 11.6 Å². The number of benzene rings is 1. The van der Waals surface area contributed by atoms with Crippen LogP contribution in [0.5, 0.6) is 0 Å². The Morgan fingerprint density at radius 1 is 1.29 bits per heavy atom. The van der Waals surface area contributed by atoms with Crippen LogP contribution in [-0.4, -0.2) is 73.8 Å². The number of nitrogens with zero attached hydrogens (tertiary/aromatic N) is 3. The number of hydrazine groups is 1. The first kappa shape index (κ1) is 23.0. The van der Waals surface area contributed by atoms with Crippen LogP contribution in [0.2, 0.25) is 0 Å². The maximum Gasteiger partial charge on any atom is 0.414 e. The highest BCUT2D eigenvalue weighted by molar-refractivity contribution is 7.80. The third-order valence-corrected chi connectivity index (χ3v) is 5.08. The highest BCUT2D eigenvalue weighted by atomic mass is 32.1.